The summed E-state index contributed by atoms with van der Waals surface area (Å²) in [5, 5.41) is 29.4. The van der Waals surface area contributed by atoms with Crippen LogP contribution in [-0.4, -0.2) is 21.3 Å². The van der Waals surface area contributed by atoms with E-state index in [1.165, 1.54) is 31.7 Å². The number of carboxylic acid groups (broad SMARTS) is 1. The molecule has 2 fully saturated rings. The van der Waals surface area contributed by atoms with Crippen molar-refractivity contribution in [3.8, 4) is 11.5 Å². The van der Waals surface area contributed by atoms with Crippen LogP contribution in [0.1, 0.15) is 88.7 Å². The first-order valence-electron chi connectivity index (χ1n) is 10.6. The highest BCUT2D eigenvalue weighted by atomic mass is 16.4. The minimum Gasteiger partial charge on any atom is -0.508 e. The quantitative estimate of drug-likeness (QED) is 0.417. The number of rotatable bonds is 12. The lowest BCUT2D eigenvalue weighted by Crippen LogP contribution is -2.14. The van der Waals surface area contributed by atoms with Crippen LogP contribution in [0.5, 0.6) is 11.5 Å². The van der Waals surface area contributed by atoms with E-state index in [9.17, 15) is 20.1 Å². The molecule has 2 aliphatic carbocycles. The van der Waals surface area contributed by atoms with Gasteiger partial charge in [-0.1, -0.05) is 26.2 Å². The smallest absolute Gasteiger partial charge is 0.309 e. The zero-order chi connectivity index (χ0) is 19.5. The van der Waals surface area contributed by atoms with Gasteiger partial charge in [0.15, 0.2) is 0 Å². The van der Waals surface area contributed by atoms with E-state index in [4.69, 9.17) is 0 Å². The van der Waals surface area contributed by atoms with Gasteiger partial charge in [0.1, 0.15) is 11.5 Å². The van der Waals surface area contributed by atoms with Crippen molar-refractivity contribution < 1.29 is 20.1 Å². The van der Waals surface area contributed by atoms with Crippen molar-refractivity contribution in [3.63, 3.8) is 0 Å². The Kier molecular flexibility index (Phi) is 6.02. The van der Waals surface area contributed by atoms with E-state index in [0.29, 0.717) is 5.41 Å². The number of carboxylic acids is 1. The lowest BCUT2D eigenvalue weighted by molar-refractivity contribution is -0.143. The molecule has 0 saturated heterocycles. The van der Waals surface area contributed by atoms with E-state index in [-0.39, 0.29) is 11.5 Å². The Morgan fingerprint density at radius 1 is 0.926 bits per heavy atom. The van der Waals surface area contributed by atoms with E-state index in [2.05, 4.69) is 6.92 Å². The molecule has 0 radical (unpaired) electrons. The van der Waals surface area contributed by atoms with Gasteiger partial charge in [0.2, 0.25) is 0 Å². The number of aliphatic carboxylic acids is 1. The van der Waals surface area contributed by atoms with Crippen LogP contribution in [0, 0.1) is 10.8 Å². The molecule has 0 amide bonds. The second kappa shape index (κ2) is 8.12. The van der Waals surface area contributed by atoms with E-state index in [1.807, 2.05) is 0 Å². The van der Waals surface area contributed by atoms with Crippen LogP contribution in [-0.2, 0) is 17.6 Å². The van der Waals surface area contributed by atoms with Crippen molar-refractivity contribution >= 4 is 5.97 Å². The summed E-state index contributed by atoms with van der Waals surface area (Å²) in [7, 11) is 0. The van der Waals surface area contributed by atoms with E-state index >= 15 is 0 Å². The minimum absolute atomic E-state index is 0.125. The number of aromatic hydroxyl groups is 2. The van der Waals surface area contributed by atoms with Crippen LogP contribution in [0.2, 0.25) is 0 Å². The van der Waals surface area contributed by atoms with Gasteiger partial charge in [-0.25, -0.2) is 0 Å². The molecule has 0 unspecified atom stereocenters. The monoisotopic (exact) mass is 374 g/mol. The van der Waals surface area contributed by atoms with Gasteiger partial charge in [-0.05, 0) is 86.8 Å². The summed E-state index contributed by atoms with van der Waals surface area (Å²) in [4.78, 5) is 11.2. The van der Waals surface area contributed by atoms with Crippen molar-refractivity contribution in [2.45, 2.75) is 90.4 Å². The number of unbranched alkanes of at least 4 members (excludes halogenated alkanes) is 3. The van der Waals surface area contributed by atoms with E-state index < -0.39 is 11.4 Å². The summed E-state index contributed by atoms with van der Waals surface area (Å²) in [5.74, 6) is -0.298. The highest BCUT2D eigenvalue weighted by Gasteiger charge is 2.49. The summed E-state index contributed by atoms with van der Waals surface area (Å²) >= 11 is 0. The number of hydrogen-bond acceptors (Lipinski definition) is 3. The maximum Gasteiger partial charge on any atom is 0.309 e. The van der Waals surface area contributed by atoms with Crippen LogP contribution in [0.25, 0.3) is 0 Å². The highest BCUT2D eigenvalue weighted by molar-refractivity contribution is 5.77. The molecule has 3 N–H and O–H groups in total. The molecule has 0 atom stereocenters. The van der Waals surface area contributed by atoms with Gasteiger partial charge in [0.25, 0.3) is 0 Å². The summed E-state index contributed by atoms with van der Waals surface area (Å²) in [6.07, 6.45) is 13.2. The second-order valence-electron chi connectivity index (χ2n) is 9.27. The summed E-state index contributed by atoms with van der Waals surface area (Å²) in [6, 6.07) is 3.24. The molecule has 0 aliphatic heterocycles. The molecular weight excluding hydrogens is 340 g/mol. The van der Waals surface area contributed by atoms with Gasteiger partial charge < -0.3 is 15.3 Å². The largest absolute Gasteiger partial charge is 0.508 e. The van der Waals surface area contributed by atoms with Gasteiger partial charge in [-0.3, -0.25) is 4.79 Å². The number of benzene rings is 1. The third-order valence-corrected chi connectivity index (χ3v) is 6.77. The lowest BCUT2D eigenvalue weighted by Gasteiger charge is -2.14. The van der Waals surface area contributed by atoms with E-state index in [0.717, 1.165) is 68.9 Å². The topological polar surface area (TPSA) is 77.8 Å². The number of phenols is 2. The summed E-state index contributed by atoms with van der Waals surface area (Å²) in [5.41, 5.74) is 2.18. The minimum atomic E-state index is -0.636. The predicted octanol–water partition coefficient (Wildman–Crippen LogP) is 5.58. The normalized spacial score (nSPS) is 19.0. The molecule has 1 aromatic carbocycles. The molecule has 0 bridgehead atoms. The maximum atomic E-state index is 11.2. The Hall–Kier alpha value is -1.71. The number of carbonyl (C=O) groups is 1. The van der Waals surface area contributed by atoms with Gasteiger partial charge in [-0.15, -0.1) is 0 Å². The molecule has 4 nitrogen and oxygen atoms in total. The van der Waals surface area contributed by atoms with Gasteiger partial charge >= 0.3 is 5.97 Å². The van der Waals surface area contributed by atoms with Gasteiger partial charge in [-0.2, -0.15) is 0 Å². The fourth-order valence-electron chi connectivity index (χ4n) is 4.20. The average Bonchev–Trinajstić information content (AvgIpc) is 3.51. The Bertz CT molecular complexity index is 671. The molecule has 150 valence electrons. The lowest BCUT2D eigenvalue weighted by atomic mass is 9.93. The summed E-state index contributed by atoms with van der Waals surface area (Å²) in [6.45, 7) is 2.35. The molecule has 0 heterocycles. The van der Waals surface area contributed by atoms with Crippen molar-refractivity contribution in [1.29, 1.82) is 0 Å². The van der Waals surface area contributed by atoms with Crippen LogP contribution >= 0.6 is 0 Å². The number of phenolic OH excluding ortho intramolecular Hbond substituents is 2. The standard InChI is InChI=1S/C23H34O4/c1-22(11-12-22)9-6-4-8-19-17(15-18(24)16-20(19)25)7-3-2-5-10-23(13-14-23)21(26)27/h15-16,24-25H,2-14H2,1H3,(H,26,27). The van der Waals surface area contributed by atoms with Crippen LogP contribution < -0.4 is 0 Å². The molecule has 3 rings (SSSR count). The molecular formula is C23H34O4. The van der Waals surface area contributed by atoms with Crippen LogP contribution in [0.15, 0.2) is 12.1 Å². The molecule has 2 saturated carbocycles. The fourth-order valence-corrected chi connectivity index (χ4v) is 4.20. The van der Waals surface area contributed by atoms with Crippen LogP contribution in [0.4, 0.5) is 0 Å². The molecule has 2 aliphatic rings. The molecule has 0 aromatic heterocycles. The Labute approximate surface area is 162 Å². The zero-order valence-electron chi connectivity index (χ0n) is 16.6. The van der Waals surface area contributed by atoms with Crippen molar-refractivity contribution in [2.24, 2.45) is 10.8 Å². The Balaban J connectivity index is 1.45. The van der Waals surface area contributed by atoms with Crippen molar-refractivity contribution in [1.82, 2.24) is 0 Å². The van der Waals surface area contributed by atoms with E-state index in [1.54, 1.807) is 6.07 Å². The number of aryl methyl sites for hydroxylation is 1. The molecule has 4 heteroatoms. The second-order valence-corrected chi connectivity index (χ2v) is 9.27. The third-order valence-electron chi connectivity index (χ3n) is 6.77. The predicted molar refractivity (Wildman–Crippen MR) is 106 cm³/mol. The SMILES string of the molecule is CC1(CCCCc2c(O)cc(O)cc2CCCCCC2(C(=O)O)CC2)CC1. The highest BCUT2D eigenvalue weighted by Crippen LogP contribution is 2.50. The third kappa shape index (κ3) is 5.40. The number of hydrogen-bond donors (Lipinski definition) is 3. The Morgan fingerprint density at radius 2 is 1.59 bits per heavy atom. The fraction of sp³-hybridized carbons (Fsp3) is 0.696. The van der Waals surface area contributed by atoms with Gasteiger partial charge in [0.05, 0.1) is 5.41 Å². The first-order chi connectivity index (χ1) is 12.8. The zero-order valence-corrected chi connectivity index (χ0v) is 16.6. The van der Waals surface area contributed by atoms with Crippen LogP contribution in [0.3, 0.4) is 0 Å². The molecule has 0 spiro atoms. The van der Waals surface area contributed by atoms with Gasteiger partial charge in [0, 0.05) is 6.07 Å². The molecule has 27 heavy (non-hydrogen) atoms. The summed E-state index contributed by atoms with van der Waals surface area (Å²) < 4.78 is 0. The average molecular weight is 375 g/mol. The van der Waals surface area contributed by atoms with Crippen molar-refractivity contribution in [3.05, 3.63) is 23.3 Å². The Morgan fingerprint density at radius 3 is 2.22 bits per heavy atom. The first-order valence-corrected chi connectivity index (χ1v) is 10.6. The molecule has 1 aromatic rings. The van der Waals surface area contributed by atoms with Crippen molar-refractivity contribution in [2.75, 3.05) is 0 Å². The maximum absolute atomic E-state index is 11.2. The first kappa shape index (κ1) is 20.0.